The van der Waals surface area contributed by atoms with Crippen molar-refractivity contribution < 1.29 is 28.2 Å². The Kier molecular flexibility index (Phi) is 11.9. The number of hydrogen-bond acceptors (Lipinski definition) is 6. The number of benzene rings is 2. The summed E-state index contributed by atoms with van der Waals surface area (Å²) in [4.78, 5) is 29.5. The van der Waals surface area contributed by atoms with E-state index in [-0.39, 0.29) is 22.6 Å². The molecule has 2 aromatic heterocycles. The van der Waals surface area contributed by atoms with Gasteiger partial charge in [-0.25, -0.2) is 19.1 Å². The van der Waals surface area contributed by atoms with Crippen molar-refractivity contribution in [3.8, 4) is 11.5 Å². The highest BCUT2D eigenvalue weighted by atomic mass is 35.5. The number of amides is 2. The monoisotopic (exact) mass is 658 g/mol. The number of aromatic amines is 2. The first kappa shape index (κ1) is 33.5. The van der Waals surface area contributed by atoms with E-state index in [1.165, 1.54) is 13.8 Å². The van der Waals surface area contributed by atoms with Crippen LogP contribution in [0.5, 0.6) is 11.5 Å². The fourth-order valence-electron chi connectivity index (χ4n) is 4.82. The molecule has 4 rings (SSSR count). The van der Waals surface area contributed by atoms with Crippen molar-refractivity contribution in [3.63, 3.8) is 0 Å². The van der Waals surface area contributed by atoms with Crippen LogP contribution in [0.3, 0.4) is 0 Å². The molecule has 0 aliphatic rings. The van der Waals surface area contributed by atoms with Crippen molar-refractivity contribution in [1.82, 2.24) is 9.97 Å². The fourth-order valence-corrected chi connectivity index (χ4v) is 5.65. The third kappa shape index (κ3) is 9.79. The molecule has 4 aromatic rings. The van der Waals surface area contributed by atoms with E-state index in [2.05, 4.69) is 20.6 Å². The molecule has 12 nitrogen and oxygen atoms in total. The topological polar surface area (TPSA) is 168 Å². The van der Waals surface area contributed by atoms with Crippen LogP contribution in [0, 0.1) is 0 Å². The molecule has 45 heavy (non-hydrogen) atoms. The number of nitrogens with two attached hydrogens (primary N) is 2. The van der Waals surface area contributed by atoms with Gasteiger partial charge in [0.2, 0.25) is 11.8 Å². The van der Waals surface area contributed by atoms with E-state index in [1.807, 2.05) is 33.9 Å². The van der Waals surface area contributed by atoms with E-state index >= 15 is 0 Å². The SMILES string of the molecule is CC(=O)Nc1ccc(N)cc1OCCC[n+]1cc[nH]c1C(Cl)CC(Cl)c1[nH]cc[n+]1CCCOc1cc(N)ccc1NC(C)=O. The van der Waals surface area contributed by atoms with Crippen LogP contribution in [-0.2, 0) is 22.7 Å². The lowest BCUT2D eigenvalue weighted by Gasteiger charge is -2.13. The molecule has 0 radical (unpaired) electrons. The summed E-state index contributed by atoms with van der Waals surface area (Å²) in [6.07, 6.45) is 9.41. The molecule has 0 bridgehead atoms. The van der Waals surface area contributed by atoms with Gasteiger partial charge in [-0.1, -0.05) is 0 Å². The molecule has 0 saturated heterocycles. The lowest BCUT2D eigenvalue weighted by Crippen LogP contribution is -2.39. The molecule has 14 heteroatoms. The van der Waals surface area contributed by atoms with Crippen LogP contribution in [0.1, 0.15) is 55.5 Å². The number of ether oxygens (including phenoxy) is 2. The summed E-state index contributed by atoms with van der Waals surface area (Å²) in [5.74, 6) is 2.36. The van der Waals surface area contributed by atoms with Crippen LogP contribution in [-0.4, -0.2) is 35.0 Å². The van der Waals surface area contributed by atoms with Crippen molar-refractivity contribution in [2.45, 2.75) is 57.0 Å². The van der Waals surface area contributed by atoms with Crippen molar-refractivity contribution >= 4 is 57.8 Å². The van der Waals surface area contributed by atoms with Crippen molar-refractivity contribution in [2.75, 3.05) is 35.3 Å². The Morgan fingerprint density at radius 2 is 1.20 bits per heavy atom. The van der Waals surface area contributed by atoms with E-state index < -0.39 is 0 Å². The highest BCUT2D eigenvalue weighted by molar-refractivity contribution is 6.23. The third-order valence-electron chi connectivity index (χ3n) is 6.83. The fraction of sp³-hybridized carbons (Fsp3) is 0.355. The largest absolute Gasteiger partial charge is 0.491 e. The smallest absolute Gasteiger partial charge is 0.272 e. The van der Waals surface area contributed by atoms with Gasteiger partial charge in [0.1, 0.15) is 47.0 Å². The lowest BCUT2D eigenvalue weighted by atomic mass is 10.2. The van der Waals surface area contributed by atoms with Gasteiger partial charge in [-0.15, -0.1) is 23.2 Å². The van der Waals surface area contributed by atoms with Crippen molar-refractivity contribution in [2.24, 2.45) is 0 Å². The van der Waals surface area contributed by atoms with Crippen LogP contribution in [0.4, 0.5) is 22.7 Å². The first-order chi connectivity index (χ1) is 21.6. The maximum Gasteiger partial charge on any atom is 0.272 e. The summed E-state index contributed by atoms with van der Waals surface area (Å²) >= 11 is 13.7. The standard InChI is InChI=1S/C31H38Cl2N8O4/c1-20(42)38-26-7-5-22(34)17-28(26)44-15-3-11-40-13-9-36-30(40)24(32)19-25(33)31-37-10-14-41(31)12-4-16-45-29-18-23(35)6-8-27(29)39-21(2)43/h5-10,13-14,17-18,24-25H,3-4,11-12,15-16,19,34-35H2,1-2H3,(H2,38,39,42,43)/p+2. The van der Waals surface area contributed by atoms with Crippen LogP contribution >= 0.6 is 23.2 Å². The maximum atomic E-state index is 11.5. The normalized spacial score (nSPS) is 12.4. The molecule has 2 atom stereocenters. The number of nitrogens with zero attached hydrogens (tertiary/aromatic N) is 2. The number of nitrogens with one attached hydrogen (secondary N) is 4. The van der Waals surface area contributed by atoms with Gasteiger partial charge in [-0.3, -0.25) is 9.59 Å². The summed E-state index contributed by atoms with van der Waals surface area (Å²) in [5, 5.41) is 4.76. The molecular weight excluding hydrogens is 619 g/mol. The number of alkyl halides is 2. The molecule has 2 aromatic carbocycles. The van der Waals surface area contributed by atoms with Crippen LogP contribution in [0.15, 0.2) is 61.2 Å². The second-order valence-corrected chi connectivity index (χ2v) is 11.6. The Bertz CT molecular complexity index is 1480. The Hall–Kier alpha value is -4.42. The number of aryl methyl sites for hydroxylation is 2. The number of anilines is 4. The molecule has 2 amide bonds. The molecular formula is C31H40Cl2N8O4+2. The minimum atomic E-state index is -0.375. The highest BCUT2D eigenvalue weighted by Gasteiger charge is 2.29. The highest BCUT2D eigenvalue weighted by Crippen LogP contribution is 2.32. The summed E-state index contributed by atoms with van der Waals surface area (Å²) in [6.45, 7) is 5.03. The Balaban J connectivity index is 1.27. The second-order valence-electron chi connectivity index (χ2n) is 10.5. The molecule has 2 heterocycles. The molecule has 0 spiro atoms. The van der Waals surface area contributed by atoms with Crippen molar-refractivity contribution in [3.05, 3.63) is 72.8 Å². The number of nitrogen functional groups attached to an aromatic ring is 2. The zero-order valence-electron chi connectivity index (χ0n) is 25.3. The Morgan fingerprint density at radius 1 is 0.778 bits per heavy atom. The number of halogens is 2. The first-order valence-electron chi connectivity index (χ1n) is 14.6. The summed E-state index contributed by atoms with van der Waals surface area (Å²) < 4.78 is 15.9. The van der Waals surface area contributed by atoms with E-state index in [0.717, 1.165) is 11.6 Å². The van der Waals surface area contributed by atoms with Gasteiger partial charge in [0.25, 0.3) is 11.6 Å². The van der Waals surface area contributed by atoms with Crippen LogP contribution in [0.2, 0.25) is 0 Å². The molecule has 8 N–H and O–H groups in total. The quantitative estimate of drug-likeness (QED) is 0.0445. The lowest BCUT2D eigenvalue weighted by molar-refractivity contribution is -0.705. The minimum Gasteiger partial charge on any atom is -0.491 e. The maximum absolute atomic E-state index is 11.5. The molecule has 0 aliphatic heterocycles. The van der Waals surface area contributed by atoms with Gasteiger partial charge in [0, 0.05) is 56.6 Å². The van der Waals surface area contributed by atoms with Gasteiger partial charge >= 0.3 is 0 Å². The summed E-state index contributed by atoms with van der Waals surface area (Å²) in [5.41, 5.74) is 14.1. The number of carbonyl (C=O) groups excluding carboxylic acids is 2. The predicted molar refractivity (Wildman–Crippen MR) is 174 cm³/mol. The predicted octanol–water partition coefficient (Wildman–Crippen LogP) is 4.59. The van der Waals surface area contributed by atoms with Gasteiger partial charge in [0.15, 0.2) is 0 Å². The van der Waals surface area contributed by atoms with Gasteiger partial charge in [0.05, 0.1) is 37.7 Å². The summed E-state index contributed by atoms with van der Waals surface area (Å²) in [6, 6.07) is 10.3. The number of hydrogen-bond donors (Lipinski definition) is 6. The van der Waals surface area contributed by atoms with E-state index in [4.69, 9.17) is 44.1 Å². The zero-order valence-corrected chi connectivity index (χ0v) is 26.8. The Morgan fingerprint density at radius 3 is 1.60 bits per heavy atom. The molecule has 0 fully saturated rings. The number of rotatable bonds is 16. The molecule has 0 saturated carbocycles. The first-order valence-corrected chi connectivity index (χ1v) is 15.5. The summed E-state index contributed by atoms with van der Waals surface area (Å²) in [7, 11) is 0. The average Bonchev–Trinajstić information content (AvgIpc) is 3.65. The zero-order chi connectivity index (χ0) is 32.3. The second kappa shape index (κ2) is 16.1. The Labute approximate surface area is 272 Å². The van der Waals surface area contributed by atoms with Crippen LogP contribution in [0.25, 0.3) is 0 Å². The minimum absolute atomic E-state index is 0.186. The van der Waals surface area contributed by atoms with Crippen LogP contribution < -0.4 is 40.7 Å². The van der Waals surface area contributed by atoms with Gasteiger partial charge < -0.3 is 31.6 Å². The molecule has 240 valence electrons. The van der Waals surface area contributed by atoms with Gasteiger partial charge in [-0.2, -0.15) is 0 Å². The number of imidazole rings is 2. The van der Waals surface area contributed by atoms with E-state index in [0.29, 0.717) is 79.8 Å². The van der Waals surface area contributed by atoms with E-state index in [1.54, 1.807) is 36.4 Å². The number of aromatic nitrogens is 4. The average molecular weight is 660 g/mol. The number of H-pyrrole nitrogens is 2. The van der Waals surface area contributed by atoms with Gasteiger partial charge in [-0.05, 0) is 24.3 Å². The van der Waals surface area contributed by atoms with Crippen molar-refractivity contribution in [1.29, 1.82) is 0 Å². The third-order valence-corrected chi connectivity index (χ3v) is 7.60. The molecule has 2 unspecified atom stereocenters. The molecule has 0 aliphatic carbocycles. The number of carbonyl (C=O) groups is 2. The van der Waals surface area contributed by atoms with E-state index in [9.17, 15) is 9.59 Å².